The van der Waals surface area contributed by atoms with E-state index in [1.165, 1.54) is 16.2 Å². The number of ether oxygens (including phenoxy) is 3. The van der Waals surface area contributed by atoms with E-state index >= 15 is 0 Å². The zero-order valence-electron chi connectivity index (χ0n) is 23.3. The van der Waals surface area contributed by atoms with E-state index < -0.39 is 17.7 Å². The van der Waals surface area contributed by atoms with Crippen LogP contribution in [0.4, 0.5) is 5.13 Å². The van der Waals surface area contributed by atoms with E-state index in [9.17, 15) is 14.7 Å². The van der Waals surface area contributed by atoms with Crippen LogP contribution in [-0.4, -0.2) is 42.1 Å². The van der Waals surface area contributed by atoms with Crippen LogP contribution >= 0.6 is 11.3 Å². The summed E-state index contributed by atoms with van der Waals surface area (Å²) in [6.07, 6.45) is 3.06. The van der Waals surface area contributed by atoms with Gasteiger partial charge in [-0.25, -0.2) is 4.98 Å². The fraction of sp³-hybridized carbons (Fsp3) is 0.281. The van der Waals surface area contributed by atoms with Crippen molar-refractivity contribution < 1.29 is 28.9 Å². The van der Waals surface area contributed by atoms with Gasteiger partial charge in [0.05, 0.1) is 42.2 Å². The second-order valence-electron chi connectivity index (χ2n) is 9.58. The number of Topliss-reactive ketones (excluding diaryl/α,β-unsaturated/α-hetero) is 1. The van der Waals surface area contributed by atoms with E-state index in [0.717, 1.165) is 24.0 Å². The first-order valence-electron chi connectivity index (χ1n) is 13.7. The molecule has 8 nitrogen and oxygen atoms in total. The first kappa shape index (κ1) is 28.2. The molecular formula is C32H32N2O6S. The summed E-state index contributed by atoms with van der Waals surface area (Å²) in [5, 5.41) is 11.8. The largest absolute Gasteiger partial charge is 0.507 e. The minimum atomic E-state index is -0.914. The van der Waals surface area contributed by atoms with Crippen LogP contribution in [0.3, 0.4) is 0 Å². The summed E-state index contributed by atoms with van der Waals surface area (Å²) >= 11 is 1.28. The molecule has 1 fully saturated rings. The van der Waals surface area contributed by atoms with E-state index in [1.807, 2.05) is 43.3 Å². The smallest absolute Gasteiger partial charge is 0.301 e. The Morgan fingerprint density at radius 3 is 2.46 bits per heavy atom. The maximum Gasteiger partial charge on any atom is 0.301 e. The lowest BCUT2D eigenvalue weighted by Gasteiger charge is -2.23. The summed E-state index contributed by atoms with van der Waals surface area (Å²) in [5.74, 6) is 0.110. The van der Waals surface area contributed by atoms with Gasteiger partial charge in [0.2, 0.25) is 0 Å². The molecule has 0 bridgehead atoms. The van der Waals surface area contributed by atoms with Crippen molar-refractivity contribution in [3.05, 3.63) is 83.4 Å². The predicted octanol–water partition coefficient (Wildman–Crippen LogP) is 6.90. The van der Waals surface area contributed by atoms with Crippen molar-refractivity contribution in [1.82, 2.24) is 4.98 Å². The van der Waals surface area contributed by atoms with Gasteiger partial charge < -0.3 is 19.3 Å². The number of methoxy groups -OCH3 is 1. The van der Waals surface area contributed by atoms with E-state index in [4.69, 9.17) is 14.2 Å². The number of fused-ring (bicyclic) bond motifs is 1. The van der Waals surface area contributed by atoms with Gasteiger partial charge >= 0.3 is 5.91 Å². The SMILES string of the molecule is CCCCCOc1cccc(C2C(=C(O)c3ccc(OCC)cc3)C(=O)C(=O)N2c2nc3ccc(OC)cc3s2)c1. The van der Waals surface area contributed by atoms with Crippen LogP contribution in [-0.2, 0) is 9.59 Å². The zero-order valence-corrected chi connectivity index (χ0v) is 24.1. The molecule has 1 atom stereocenters. The second-order valence-corrected chi connectivity index (χ2v) is 10.6. The van der Waals surface area contributed by atoms with Gasteiger partial charge in [-0.1, -0.05) is 43.2 Å². The number of aliphatic hydroxyl groups is 1. The van der Waals surface area contributed by atoms with Crippen LogP contribution in [0, 0.1) is 0 Å². The number of anilines is 1. The third-order valence-electron chi connectivity index (χ3n) is 6.86. The first-order chi connectivity index (χ1) is 19.9. The molecule has 9 heteroatoms. The molecule has 4 aromatic rings. The van der Waals surface area contributed by atoms with Crippen molar-refractivity contribution in [2.45, 2.75) is 39.2 Å². The van der Waals surface area contributed by atoms with Crippen molar-refractivity contribution >= 4 is 44.1 Å². The summed E-state index contributed by atoms with van der Waals surface area (Å²) in [5.41, 5.74) is 1.68. The standard InChI is InChI=1S/C32H32N2O6S/c1-4-6-7-17-40-24-10-8-9-21(18-24)28-27(29(35)20-11-13-22(14-12-20)39-5-2)30(36)31(37)34(28)32-33-25-16-15-23(38-3)19-26(25)41-32/h8-16,18-19,28,35H,4-7,17H2,1-3H3. The molecule has 212 valence electrons. The van der Waals surface area contributed by atoms with Crippen molar-refractivity contribution in [3.8, 4) is 17.2 Å². The van der Waals surface area contributed by atoms with Crippen LogP contribution in [0.1, 0.15) is 50.3 Å². The molecule has 5 rings (SSSR count). The highest BCUT2D eigenvalue weighted by Crippen LogP contribution is 2.45. The van der Waals surface area contributed by atoms with Gasteiger partial charge in [0.25, 0.3) is 5.78 Å². The Morgan fingerprint density at radius 2 is 1.73 bits per heavy atom. The third kappa shape index (κ3) is 5.76. The monoisotopic (exact) mass is 572 g/mol. The average Bonchev–Trinajstić information content (AvgIpc) is 3.53. The molecule has 1 aliphatic heterocycles. The molecule has 3 aromatic carbocycles. The molecule has 0 saturated carbocycles. The van der Waals surface area contributed by atoms with Crippen molar-refractivity contribution in [3.63, 3.8) is 0 Å². The van der Waals surface area contributed by atoms with E-state index in [1.54, 1.807) is 37.4 Å². The second kappa shape index (κ2) is 12.4. The molecule has 1 saturated heterocycles. The molecule has 0 radical (unpaired) electrons. The Hall–Kier alpha value is -4.37. The molecule has 0 aliphatic carbocycles. The molecule has 1 N–H and O–H groups in total. The predicted molar refractivity (Wildman–Crippen MR) is 160 cm³/mol. The van der Waals surface area contributed by atoms with Gasteiger partial charge in [-0.05, 0) is 73.5 Å². The van der Waals surface area contributed by atoms with Crippen LogP contribution in [0.15, 0.2) is 72.3 Å². The number of hydrogen-bond donors (Lipinski definition) is 1. The van der Waals surface area contributed by atoms with Gasteiger partial charge in [-0.3, -0.25) is 14.5 Å². The Bertz CT molecular complexity index is 1590. The summed E-state index contributed by atoms with van der Waals surface area (Å²) in [6, 6.07) is 18.6. The number of aromatic nitrogens is 1. The molecule has 1 aromatic heterocycles. The number of nitrogens with zero attached hydrogens (tertiary/aromatic N) is 2. The third-order valence-corrected chi connectivity index (χ3v) is 7.88. The fourth-order valence-electron chi connectivity index (χ4n) is 4.82. The molecule has 1 amide bonds. The maximum absolute atomic E-state index is 13.6. The van der Waals surface area contributed by atoms with E-state index in [0.29, 0.717) is 52.2 Å². The van der Waals surface area contributed by atoms with E-state index in [-0.39, 0.29) is 11.3 Å². The Morgan fingerprint density at radius 1 is 0.951 bits per heavy atom. The normalized spacial score (nSPS) is 16.4. The van der Waals surface area contributed by atoms with Crippen LogP contribution in [0.2, 0.25) is 0 Å². The molecule has 1 aliphatic rings. The van der Waals surface area contributed by atoms with Crippen LogP contribution in [0.25, 0.3) is 16.0 Å². The van der Waals surface area contributed by atoms with Crippen molar-refractivity contribution in [1.29, 1.82) is 0 Å². The van der Waals surface area contributed by atoms with Crippen LogP contribution in [0.5, 0.6) is 17.2 Å². The number of carbonyl (C=O) groups excluding carboxylic acids is 2. The highest BCUT2D eigenvalue weighted by atomic mass is 32.1. The van der Waals surface area contributed by atoms with Gasteiger partial charge in [0, 0.05) is 5.56 Å². The maximum atomic E-state index is 13.6. The summed E-state index contributed by atoms with van der Waals surface area (Å²) in [4.78, 5) is 33.3. The lowest BCUT2D eigenvalue weighted by Crippen LogP contribution is -2.29. The Labute approximate surface area is 242 Å². The molecule has 2 heterocycles. The number of thiazole rings is 1. The van der Waals surface area contributed by atoms with Crippen molar-refractivity contribution in [2.75, 3.05) is 25.2 Å². The minimum absolute atomic E-state index is 0.0147. The van der Waals surface area contributed by atoms with Gasteiger partial charge in [0.15, 0.2) is 5.13 Å². The quantitative estimate of drug-likeness (QED) is 0.0904. The Balaban J connectivity index is 1.62. The van der Waals surface area contributed by atoms with Gasteiger partial charge in [-0.2, -0.15) is 0 Å². The molecule has 0 spiro atoms. The number of amides is 1. The average molecular weight is 573 g/mol. The highest BCUT2D eigenvalue weighted by molar-refractivity contribution is 7.22. The number of carbonyl (C=O) groups is 2. The highest BCUT2D eigenvalue weighted by Gasteiger charge is 2.48. The number of benzene rings is 3. The summed E-state index contributed by atoms with van der Waals surface area (Å²) in [6.45, 7) is 5.08. The first-order valence-corrected chi connectivity index (χ1v) is 14.5. The lowest BCUT2D eigenvalue weighted by atomic mass is 9.95. The number of rotatable bonds is 11. The van der Waals surface area contributed by atoms with Crippen molar-refractivity contribution in [2.24, 2.45) is 0 Å². The van der Waals surface area contributed by atoms with Gasteiger partial charge in [-0.15, -0.1) is 0 Å². The number of unbranched alkanes of at least 4 members (excludes halogenated alkanes) is 2. The Kier molecular flexibility index (Phi) is 8.54. The summed E-state index contributed by atoms with van der Waals surface area (Å²) in [7, 11) is 1.58. The fourth-order valence-corrected chi connectivity index (χ4v) is 5.84. The topological polar surface area (TPSA) is 98.2 Å². The van der Waals surface area contributed by atoms with Crippen LogP contribution < -0.4 is 19.1 Å². The minimum Gasteiger partial charge on any atom is -0.507 e. The number of hydrogen-bond acceptors (Lipinski definition) is 8. The lowest BCUT2D eigenvalue weighted by molar-refractivity contribution is -0.132. The molecule has 41 heavy (non-hydrogen) atoms. The van der Waals surface area contributed by atoms with E-state index in [2.05, 4.69) is 11.9 Å². The number of aliphatic hydroxyl groups excluding tert-OH is 1. The number of ketones is 1. The molecule has 1 unspecified atom stereocenters. The zero-order chi connectivity index (χ0) is 28.9. The van der Waals surface area contributed by atoms with Gasteiger partial charge in [0.1, 0.15) is 23.0 Å². The molecular weight excluding hydrogens is 540 g/mol. The summed E-state index contributed by atoms with van der Waals surface area (Å²) < 4.78 is 17.7.